The quantitative estimate of drug-likeness (QED) is 0.0243. The van der Waals surface area contributed by atoms with Crippen molar-refractivity contribution in [3.8, 4) is 0 Å². The summed E-state index contributed by atoms with van der Waals surface area (Å²) >= 11 is 0. The number of allylic oxidation sites excluding steroid dienone is 18. The molecule has 3 N–H and O–H groups in total. The molecule has 0 aliphatic rings. The number of aliphatic hydroxyl groups is 1. The lowest BCUT2D eigenvalue weighted by Crippen LogP contribution is -2.46. The average molecular weight is 1020 g/mol. The summed E-state index contributed by atoms with van der Waals surface area (Å²) in [5, 5.41) is 14.0. The molecule has 8 nitrogen and oxygen atoms in total. The number of nitrogens with zero attached hydrogens (tertiary/aromatic N) is 1. The topological polar surface area (TPSA) is 105 Å². The Morgan fingerprint density at radius 3 is 1.21 bits per heavy atom. The van der Waals surface area contributed by atoms with E-state index in [0.717, 1.165) is 103 Å². The number of hydrogen-bond acceptors (Lipinski definition) is 5. The van der Waals surface area contributed by atoms with Gasteiger partial charge in [-0.25, -0.2) is 4.57 Å². The number of phosphoric acid groups is 1. The maximum atomic E-state index is 13.0. The predicted octanol–water partition coefficient (Wildman–Crippen LogP) is 18.0. The molecule has 9 heteroatoms. The van der Waals surface area contributed by atoms with Crippen molar-refractivity contribution in [3.05, 3.63) is 109 Å². The zero-order valence-corrected chi connectivity index (χ0v) is 48.0. The van der Waals surface area contributed by atoms with E-state index in [-0.39, 0.29) is 19.1 Å². The van der Waals surface area contributed by atoms with Crippen LogP contribution in [-0.4, -0.2) is 73.4 Å². The molecule has 0 fully saturated rings. The molecule has 0 aliphatic carbocycles. The molecule has 0 spiro atoms. The van der Waals surface area contributed by atoms with Crippen LogP contribution in [0, 0.1) is 0 Å². The first kappa shape index (κ1) is 69.2. The number of likely N-dealkylation sites (N-methyl/N-ethyl adjacent to an activating group) is 1. The molecular formula is C63H112N2O6P+. The third-order valence-corrected chi connectivity index (χ3v) is 13.5. The van der Waals surface area contributed by atoms with Crippen LogP contribution >= 0.6 is 7.82 Å². The Bertz CT molecular complexity index is 1540. The lowest BCUT2D eigenvalue weighted by molar-refractivity contribution is -0.870. The number of unbranched alkanes of at least 4 members (excludes halogenated alkanes) is 21. The summed E-state index contributed by atoms with van der Waals surface area (Å²) in [5.41, 5.74) is 0. The highest BCUT2D eigenvalue weighted by atomic mass is 31.2. The molecule has 0 radical (unpaired) electrons. The molecule has 0 aliphatic heterocycles. The molecule has 0 bridgehead atoms. The van der Waals surface area contributed by atoms with Gasteiger partial charge in [-0.05, 0) is 83.5 Å². The van der Waals surface area contributed by atoms with Crippen molar-refractivity contribution in [2.45, 2.75) is 244 Å². The van der Waals surface area contributed by atoms with Gasteiger partial charge in [-0.3, -0.25) is 13.8 Å². The molecule has 414 valence electrons. The van der Waals surface area contributed by atoms with E-state index in [2.05, 4.69) is 129 Å². The Morgan fingerprint density at radius 2 is 0.833 bits per heavy atom. The number of quaternary nitrogens is 1. The van der Waals surface area contributed by atoms with Gasteiger partial charge in [0.05, 0.1) is 39.9 Å². The molecule has 1 amide bonds. The van der Waals surface area contributed by atoms with Crippen molar-refractivity contribution in [1.82, 2.24) is 5.32 Å². The van der Waals surface area contributed by atoms with Gasteiger partial charge < -0.3 is 19.8 Å². The summed E-state index contributed by atoms with van der Waals surface area (Å²) < 4.78 is 23.8. The normalized spacial score (nSPS) is 14.7. The molecule has 0 rings (SSSR count). The van der Waals surface area contributed by atoms with Crippen LogP contribution in [0.4, 0.5) is 0 Å². The highest BCUT2D eigenvalue weighted by molar-refractivity contribution is 7.47. The molecule has 0 saturated carbocycles. The number of hydrogen-bond donors (Lipinski definition) is 3. The third-order valence-electron chi connectivity index (χ3n) is 12.5. The van der Waals surface area contributed by atoms with E-state index in [1.165, 1.54) is 103 Å². The number of amides is 1. The van der Waals surface area contributed by atoms with Crippen LogP contribution in [0.1, 0.15) is 232 Å². The van der Waals surface area contributed by atoms with Crippen molar-refractivity contribution in [2.24, 2.45) is 0 Å². The predicted molar refractivity (Wildman–Crippen MR) is 313 cm³/mol. The minimum atomic E-state index is -4.34. The van der Waals surface area contributed by atoms with Gasteiger partial charge in [0.15, 0.2) is 0 Å². The number of rotatable bonds is 52. The van der Waals surface area contributed by atoms with Crippen molar-refractivity contribution in [3.63, 3.8) is 0 Å². The van der Waals surface area contributed by atoms with E-state index in [4.69, 9.17) is 9.05 Å². The Hall–Kier alpha value is -2.84. The van der Waals surface area contributed by atoms with Crippen molar-refractivity contribution in [2.75, 3.05) is 40.9 Å². The van der Waals surface area contributed by atoms with Gasteiger partial charge in [0.1, 0.15) is 13.2 Å². The first-order chi connectivity index (χ1) is 35.0. The summed E-state index contributed by atoms with van der Waals surface area (Å²) in [5.74, 6) is -0.179. The second kappa shape index (κ2) is 53.0. The molecule has 0 aromatic rings. The van der Waals surface area contributed by atoms with Crippen LogP contribution in [0.5, 0.6) is 0 Å². The summed E-state index contributed by atoms with van der Waals surface area (Å²) in [4.78, 5) is 23.3. The van der Waals surface area contributed by atoms with Crippen molar-refractivity contribution >= 4 is 13.7 Å². The number of nitrogens with one attached hydrogen (secondary N) is 1. The van der Waals surface area contributed by atoms with Crippen molar-refractivity contribution < 1.29 is 32.9 Å². The molecule has 72 heavy (non-hydrogen) atoms. The van der Waals surface area contributed by atoms with Crippen molar-refractivity contribution in [1.29, 1.82) is 0 Å². The van der Waals surface area contributed by atoms with Gasteiger partial charge in [0.25, 0.3) is 0 Å². The minimum Gasteiger partial charge on any atom is -0.391 e. The van der Waals surface area contributed by atoms with E-state index in [1.54, 1.807) is 0 Å². The highest BCUT2D eigenvalue weighted by Crippen LogP contribution is 2.43. The fourth-order valence-corrected chi connectivity index (χ4v) is 8.72. The first-order valence-electron chi connectivity index (χ1n) is 29.3. The van der Waals surface area contributed by atoms with Crippen LogP contribution in [0.3, 0.4) is 0 Å². The number of carbonyl (C=O) groups excluding carboxylic acids is 1. The average Bonchev–Trinajstić information content (AvgIpc) is 3.34. The maximum Gasteiger partial charge on any atom is 0.472 e. The van der Waals surface area contributed by atoms with Gasteiger partial charge in [-0.1, -0.05) is 252 Å². The molecule has 3 unspecified atom stereocenters. The Balaban J connectivity index is 4.29. The van der Waals surface area contributed by atoms with Crippen LogP contribution < -0.4 is 5.32 Å². The second-order valence-corrected chi connectivity index (χ2v) is 22.1. The zero-order chi connectivity index (χ0) is 52.7. The number of phosphoric ester groups is 1. The van der Waals surface area contributed by atoms with E-state index >= 15 is 0 Å². The van der Waals surface area contributed by atoms with Crippen LogP contribution in [-0.2, 0) is 18.4 Å². The Kier molecular flexibility index (Phi) is 50.9. The standard InChI is InChI=1S/C63H111N2O6P/c1-6-8-10-12-14-16-18-20-22-24-26-27-28-29-30-31-32-33-34-35-36-37-39-41-43-45-47-49-51-53-55-57-63(67)64-61(60-71-72(68,69)70-59-58-65(3,4)5)62(66)56-54-52-50-48-46-44-42-40-38-25-23-21-19-17-15-13-11-9-7-2/h8,10,14,16,20,22,26-27,29-30,32-33,35-36,39,41,45,47,61-62,66H,6-7,9,11-13,15,17-19,21,23-25,28,31,34,37-38,40,42-44,46,48-60H2,1-5H3,(H-,64,67,68,69)/p+1/b10-8-,16-14-,22-20-,27-26-,30-29-,33-32-,36-35-,41-39-,47-45-. The SMILES string of the molecule is CC/C=C\C/C=C\C/C=C\C/C=C\C/C=C\C/C=C\C/C=C\C/C=C\C/C=C\CCCCCC(=O)NC(COP(=O)(O)OCC[N+](C)(C)C)C(O)CCCCCCCCCCCCCCCCCCCCC. The van der Waals surface area contributed by atoms with Gasteiger partial charge >= 0.3 is 7.82 Å². The molecular weight excluding hydrogens is 912 g/mol. The summed E-state index contributed by atoms with van der Waals surface area (Å²) in [6, 6.07) is -0.787. The second-order valence-electron chi connectivity index (χ2n) is 20.6. The Morgan fingerprint density at radius 1 is 0.486 bits per heavy atom. The number of carbonyl (C=O) groups is 1. The first-order valence-corrected chi connectivity index (χ1v) is 30.7. The van der Waals surface area contributed by atoms with Gasteiger partial charge in [0.2, 0.25) is 5.91 Å². The summed E-state index contributed by atoms with van der Waals surface area (Å²) in [6.45, 7) is 4.75. The summed E-state index contributed by atoms with van der Waals surface area (Å²) in [7, 11) is 1.58. The van der Waals surface area contributed by atoms with Gasteiger partial charge in [-0.15, -0.1) is 0 Å². The zero-order valence-electron chi connectivity index (χ0n) is 47.1. The van der Waals surface area contributed by atoms with E-state index < -0.39 is 20.0 Å². The van der Waals surface area contributed by atoms with E-state index in [1.807, 2.05) is 21.1 Å². The molecule has 3 atom stereocenters. The summed E-state index contributed by atoms with van der Waals surface area (Å²) in [6.07, 6.45) is 77.1. The fourth-order valence-electron chi connectivity index (χ4n) is 7.98. The third kappa shape index (κ3) is 54.9. The van der Waals surface area contributed by atoms with Crippen LogP contribution in [0.25, 0.3) is 0 Å². The van der Waals surface area contributed by atoms with E-state index in [9.17, 15) is 19.4 Å². The van der Waals surface area contributed by atoms with E-state index in [0.29, 0.717) is 23.9 Å². The molecule has 0 aromatic heterocycles. The molecule has 0 aromatic carbocycles. The maximum absolute atomic E-state index is 13.0. The number of aliphatic hydroxyl groups excluding tert-OH is 1. The molecule has 0 heterocycles. The molecule has 0 saturated heterocycles. The van der Waals surface area contributed by atoms with Crippen LogP contribution in [0.15, 0.2) is 109 Å². The van der Waals surface area contributed by atoms with Gasteiger partial charge in [0, 0.05) is 6.42 Å². The monoisotopic (exact) mass is 1020 g/mol. The van der Waals surface area contributed by atoms with Gasteiger partial charge in [-0.2, -0.15) is 0 Å². The smallest absolute Gasteiger partial charge is 0.391 e. The lowest BCUT2D eigenvalue weighted by Gasteiger charge is -2.26. The largest absolute Gasteiger partial charge is 0.472 e. The lowest BCUT2D eigenvalue weighted by atomic mass is 10.0. The fraction of sp³-hybridized carbons (Fsp3) is 0.698. The Labute approximate surface area is 444 Å². The van der Waals surface area contributed by atoms with Crippen LogP contribution in [0.2, 0.25) is 0 Å². The highest BCUT2D eigenvalue weighted by Gasteiger charge is 2.28. The minimum absolute atomic E-state index is 0.0620.